The molecule has 190 valence electrons. The van der Waals surface area contributed by atoms with E-state index in [2.05, 4.69) is 45.7 Å². The highest BCUT2D eigenvalue weighted by atomic mass is 16.1. The molecule has 0 atom stereocenters. The lowest BCUT2D eigenvalue weighted by molar-refractivity contribution is -0.119. The van der Waals surface area contributed by atoms with Crippen LogP contribution in [0.3, 0.4) is 0 Å². The second kappa shape index (κ2) is 10.8. The summed E-state index contributed by atoms with van der Waals surface area (Å²) in [6.07, 6.45) is 12.0. The van der Waals surface area contributed by atoms with E-state index >= 15 is 0 Å². The summed E-state index contributed by atoms with van der Waals surface area (Å²) in [5.41, 5.74) is 6.96. The molecule has 1 aliphatic carbocycles. The maximum atomic E-state index is 11.9. The normalized spacial score (nSPS) is 22.7. The van der Waals surface area contributed by atoms with Gasteiger partial charge in [0.25, 0.3) is 0 Å². The van der Waals surface area contributed by atoms with Crippen LogP contribution in [0.5, 0.6) is 0 Å². The third-order valence-corrected chi connectivity index (χ3v) is 8.71. The Hall–Kier alpha value is -2.18. The monoisotopic (exact) mass is 477 g/mol. The first-order chi connectivity index (χ1) is 17.0. The summed E-state index contributed by atoms with van der Waals surface area (Å²) < 4.78 is 2.51. The molecule has 3 aliphatic rings. The fraction of sp³-hybridized carbons (Fsp3) is 0.655. The topological polar surface area (TPSA) is 53.4 Å². The number of rotatable bonds is 6. The standard InChI is InChI=1S/C29H43N5O/c1-21(2)23-8-10-24(11-9-23)33-17-12-25(13-18-33)34-28(19-31-22(3)35)27(20-32-15-4-5-16-32)26-7-6-14-30-29(26)34/h6-7,14,24-25H,4-5,8-13,15-20H2,1-3H3,(H,31,35). The van der Waals surface area contributed by atoms with E-state index in [1.165, 1.54) is 73.8 Å². The number of pyridine rings is 1. The van der Waals surface area contributed by atoms with Gasteiger partial charge in [0.05, 0.1) is 6.54 Å². The van der Waals surface area contributed by atoms with Gasteiger partial charge in [-0.05, 0) is 96.0 Å². The number of aromatic nitrogens is 2. The van der Waals surface area contributed by atoms with Crippen molar-refractivity contribution in [2.75, 3.05) is 26.2 Å². The number of allylic oxidation sites excluding steroid dienone is 2. The van der Waals surface area contributed by atoms with E-state index in [0.29, 0.717) is 12.6 Å². The van der Waals surface area contributed by atoms with E-state index < -0.39 is 0 Å². The molecule has 2 aliphatic heterocycles. The van der Waals surface area contributed by atoms with Crippen molar-refractivity contribution < 1.29 is 4.79 Å². The molecule has 0 unspecified atom stereocenters. The van der Waals surface area contributed by atoms with Crippen molar-refractivity contribution in [3.63, 3.8) is 0 Å². The molecule has 4 heterocycles. The van der Waals surface area contributed by atoms with Crippen LogP contribution in [-0.4, -0.2) is 57.5 Å². The molecule has 5 rings (SSSR count). The number of nitrogens with one attached hydrogen (secondary N) is 1. The highest BCUT2D eigenvalue weighted by molar-refractivity contribution is 5.83. The SMILES string of the molecule is CC(=O)NCc1c(CN2CCCC2)c2cccnc2n1C1CCN(C2CCC(=C(C)C)CC2)CC1. The molecule has 6 heteroatoms. The van der Waals surface area contributed by atoms with Crippen LogP contribution in [0.15, 0.2) is 29.5 Å². The van der Waals surface area contributed by atoms with Gasteiger partial charge in [0.1, 0.15) is 5.65 Å². The molecule has 2 aromatic rings. The number of likely N-dealkylation sites (tertiary alicyclic amines) is 2. The zero-order valence-electron chi connectivity index (χ0n) is 22.0. The van der Waals surface area contributed by atoms with Crippen LogP contribution in [-0.2, 0) is 17.9 Å². The first-order valence-corrected chi connectivity index (χ1v) is 13.8. The molecule has 2 aromatic heterocycles. The Morgan fingerprint density at radius 3 is 2.37 bits per heavy atom. The van der Waals surface area contributed by atoms with Crippen LogP contribution in [0.1, 0.15) is 89.4 Å². The molecular weight excluding hydrogens is 434 g/mol. The van der Waals surface area contributed by atoms with E-state index in [-0.39, 0.29) is 5.91 Å². The summed E-state index contributed by atoms with van der Waals surface area (Å²) in [5.74, 6) is 0.0322. The summed E-state index contributed by atoms with van der Waals surface area (Å²) in [4.78, 5) is 22.1. The predicted molar refractivity (Wildman–Crippen MR) is 142 cm³/mol. The summed E-state index contributed by atoms with van der Waals surface area (Å²) in [5, 5.41) is 4.39. The fourth-order valence-electron chi connectivity index (χ4n) is 6.71. The Kier molecular flexibility index (Phi) is 7.59. The number of fused-ring (bicyclic) bond motifs is 1. The molecule has 1 saturated carbocycles. The van der Waals surface area contributed by atoms with Crippen molar-refractivity contribution >= 4 is 16.9 Å². The molecule has 0 spiro atoms. The molecule has 1 amide bonds. The lowest BCUT2D eigenvalue weighted by Crippen LogP contribution is -2.43. The van der Waals surface area contributed by atoms with Crippen LogP contribution in [0, 0.1) is 0 Å². The smallest absolute Gasteiger partial charge is 0.217 e. The van der Waals surface area contributed by atoms with E-state index in [1.807, 2.05) is 6.20 Å². The van der Waals surface area contributed by atoms with Gasteiger partial charge >= 0.3 is 0 Å². The fourth-order valence-corrected chi connectivity index (χ4v) is 6.71. The van der Waals surface area contributed by atoms with Gasteiger partial charge in [0.15, 0.2) is 0 Å². The van der Waals surface area contributed by atoms with Crippen molar-refractivity contribution in [3.8, 4) is 0 Å². The first kappa shape index (κ1) is 24.5. The van der Waals surface area contributed by atoms with E-state index in [9.17, 15) is 4.79 Å². The second-order valence-electron chi connectivity index (χ2n) is 11.2. The summed E-state index contributed by atoms with van der Waals surface area (Å²) >= 11 is 0. The number of carbonyl (C=O) groups is 1. The number of amides is 1. The molecule has 0 radical (unpaired) electrons. The van der Waals surface area contributed by atoms with Crippen molar-refractivity contribution in [1.82, 2.24) is 24.7 Å². The van der Waals surface area contributed by atoms with Gasteiger partial charge in [0, 0.05) is 55.9 Å². The van der Waals surface area contributed by atoms with Crippen molar-refractivity contribution in [2.45, 2.75) is 97.3 Å². The van der Waals surface area contributed by atoms with Gasteiger partial charge in [-0.3, -0.25) is 9.69 Å². The first-order valence-electron chi connectivity index (χ1n) is 13.8. The van der Waals surface area contributed by atoms with E-state index in [0.717, 1.165) is 44.2 Å². The van der Waals surface area contributed by atoms with Gasteiger partial charge < -0.3 is 14.8 Å². The molecule has 0 aromatic carbocycles. The van der Waals surface area contributed by atoms with E-state index in [4.69, 9.17) is 4.98 Å². The van der Waals surface area contributed by atoms with Crippen LogP contribution in [0.25, 0.3) is 11.0 Å². The van der Waals surface area contributed by atoms with Gasteiger partial charge in [0.2, 0.25) is 5.91 Å². The van der Waals surface area contributed by atoms with Crippen LogP contribution >= 0.6 is 0 Å². The molecule has 0 bridgehead atoms. The Bertz CT molecular complexity index is 1060. The Morgan fingerprint density at radius 1 is 1.00 bits per heavy atom. The quantitative estimate of drug-likeness (QED) is 0.582. The van der Waals surface area contributed by atoms with Gasteiger partial charge in [-0.25, -0.2) is 4.98 Å². The van der Waals surface area contributed by atoms with E-state index in [1.54, 1.807) is 12.5 Å². The molecular formula is C29H43N5O. The minimum absolute atomic E-state index is 0.0322. The largest absolute Gasteiger partial charge is 0.351 e. The average molecular weight is 478 g/mol. The zero-order chi connectivity index (χ0) is 24.4. The third kappa shape index (κ3) is 5.34. The molecule has 35 heavy (non-hydrogen) atoms. The summed E-state index contributed by atoms with van der Waals surface area (Å²) in [7, 11) is 0. The van der Waals surface area contributed by atoms with Gasteiger partial charge in [-0.1, -0.05) is 11.1 Å². The third-order valence-electron chi connectivity index (χ3n) is 8.71. The van der Waals surface area contributed by atoms with Crippen molar-refractivity contribution in [1.29, 1.82) is 0 Å². The Morgan fingerprint density at radius 2 is 1.71 bits per heavy atom. The molecule has 2 saturated heterocycles. The average Bonchev–Trinajstić information content (AvgIpc) is 3.49. The summed E-state index contributed by atoms with van der Waals surface area (Å²) in [6.45, 7) is 12.4. The molecule has 1 N–H and O–H groups in total. The van der Waals surface area contributed by atoms with Crippen molar-refractivity contribution in [3.05, 3.63) is 40.7 Å². The highest BCUT2D eigenvalue weighted by Gasteiger charge is 2.31. The van der Waals surface area contributed by atoms with Crippen LogP contribution < -0.4 is 5.32 Å². The number of hydrogen-bond acceptors (Lipinski definition) is 4. The number of nitrogens with zero attached hydrogens (tertiary/aromatic N) is 4. The lowest BCUT2D eigenvalue weighted by atomic mass is 9.86. The minimum atomic E-state index is 0.0322. The number of hydrogen-bond donors (Lipinski definition) is 1. The second-order valence-corrected chi connectivity index (χ2v) is 11.2. The van der Waals surface area contributed by atoms with Crippen LogP contribution in [0.4, 0.5) is 0 Å². The lowest BCUT2D eigenvalue weighted by Gasteiger charge is -2.40. The van der Waals surface area contributed by atoms with Crippen molar-refractivity contribution in [2.24, 2.45) is 0 Å². The Labute approximate surface area is 210 Å². The van der Waals surface area contributed by atoms with Gasteiger partial charge in [-0.15, -0.1) is 0 Å². The predicted octanol–water partition coefficient (Wildman–Crippen LogP) is 5.18. The van der Waals surface area contributed by atoms with Gasteiger partial charge in [-0.2, -0.15) is 0 Å². The molecule has 6 nitrogen and oxygen atoms in total. The summed E-state index contributed by atoms with van der Waals surface area (Å²) in [6, 6.07) is 5.48. The minimum Gasteiger partial charge on any atom is -0.351 e. The highest BCUT2D eigenvalue weighted by Crippen LogP contribution is 2.36. The maximum Gasteiger partial charge on any atom is 0.217 e. The maximum absolute atomic E-state index is 11.9. The molecule has 3 fully saturated rings. The Balaban J connectivity index is 1.38. The number of carbonyl (C=O) groups excluding carboxylic acids is 1. The number of piperidine rings is 1. The zero-order valence-corrected chi connectivity index (χ0v) is 22.0. The van der Waals surface area contributed by atoms with Crippen LogP contribution in [0.2, 0.25) is 0 Å².